The molecule has 0 spiro atoms. The molecule has 1 aliphatic rings. The zero-order valence-electron chi connectivity index (χ0n) is 8.34. The molecule has 0 aromatic carbocycles. The van der Waals surface area contributed by atoms with Crippen molar-refractivity contribution >= 4 is 11.3 Å². The summed E-state index contributed by atoms with van der Waals surface area (Å²) in [6, 6.07) is 4.46. The summed E-state index contributed by atoms with van der Waals surface area (Å²) in [5, 5.41) is 0. The summed E-state index contributed by atoms with van der Waals surface area (Å²) in [5.74, 6) is 0.843. The highest BCUT2D eigenvalue weighted by Gasteiger charge is 2.42. The molecule has 2 rings (SSSR count). The van der Waals surface area contributed by atoms with Crippen molar-refractivity contribution < 1.29 is 0 Å². The third-order valence-corrected chi connectivity index (χ3v) is 4.49. The largest absolute Gasteiger partial charge is 0.330 e. The van der Waals surface area contributed by atoms with Gasteiger partial charge in [-0.05, 0) is 37.8 Å². The van der Waals surface area contributed by atoms with Gasteiger partial charge >= 0.3 is 0 Å². The second-order valence-electron chi connectivity index (χ2n) is 4.31. The van der Waals surface area contributed by atoms with Crippen LogP contribution in [0, 0.1) is 12.8 Å². The van der Waals surface area contributed by atoms with Gasteiger partial charge in [-0.3, -0.25) is 0 Å². The molecule has 1 aromatic rings. The van der Waals surface area contributed by atoms with E-state index in [2.05, 4.69) is 26.0 Å². The number of hydrogen-bond donors (Lipinski definition) is 1. The Morgan fingerprint density at radius 2 is 2.23 bits per heavy atom. The van der Waals surface area contributed by atoms with Crippen molar-refractivity contribution in [2.24, 2.45) is 11.7 Å². The average molecular weight is 195 g/mol. The molecule has 2 heteroatoms. The molecule has 72 valence electrons. The van der Waals surface area contributed by atoms with Crippen LogP contribution < -0.4 is 5.73 Å². The van der Waals surface area contributed by atoms with Crippen LogP contribution in [0.15, 0.2) is 12.1 Å². The Morgan fingerprint density at radius 3 is 2.62 bits per heavy atom. The number of hydrogen-bond acceptors (Lipinski definition) is 2. The summed E-state index contributed by atoms with van der Waals surface area (Å²) >= 11 is 1.91. The highest BCUT2D eigenvalue weighted by Crippen LogP contribution is 2.48. The van der Waals surface area contributed by atoms with Crippen molar-refractivity contribution in [3.05, 3.63) is 21.9 Å². The lowest BCUT2D eigenvalue weighted by Crippen LogP contribution is -2.33. The zero-order chi connectivity index (χ0) is 9.47. The lowest BCUT2D eigenvalue weighted by molar-refractivity contribution is 0.429. The average Bonchev–Trinajstić information content (AvgIpc) is 2.89. The first-order chi connectivity index (χ1) is 6.16. The van der Waals surface area contributed by atoms with Crippen LogP contribution in [-0.2, 0) is 5.41 Å². The predicted molar refractivity (Wildman–Crippen MR) is 58.2 cm³/mol. The molecular weight excluding hydrogens is 178 g/mol. The van der Waals surface area contributed by atoms with E-state index in [0.717, 1.165) is 12.5 Å². The summed E-state index contributed by atoms with van der Waals surface area (Å²) in [6.07, 6.45) is 2.73. The van der Waals surface area contributed by atoms with Gasteiger partial charge in [0.05, 0.1) is 0 Å². The molecule has 0 radical (unpaired) electrons. The maximum absolute atomic E-state index is 5.90. The van der Waals surface area contributed by atoms with Crippen molar-refractivity contribution in [1.82, 2.24) is 0 Å². The van der Waals surface area contributed by atoms with E-state index >= 15 is 0 Å². The molecular formula is C11H17NS. The van der Waals surface area contributed by atoms with E-state index in [1.54, 1.807) is 0 Å². The smallest absolute Gasteiger partial charge is 0.0169 e. The number of nitrogens with two attached hydrogens (primary N) is 1. The van der Waals surface area contributed by atoms with Crippen LogP contribution >= 0.6 is 11.3 Å². The minimum atomic E-state index is 0.263. The number of thiophene rings is 1. The Morgan fingerprint density at radius 1 is 1.54 bits per heavy atom. The Hall–Kier alpha value is -0.340. The Labute approximate surface area is 84.0 Å². The second kappa shape index (κ2) is 3.10. The third kappa shape index (κ3) is 1.53. The van der Waals surface area contributed by atoms with Crippen LogP contribution in [0.1, 0.15) is 29.5 Å². The van der Waals surface area contributed by atoms with Crippen molar-refractivity contribution in [2.75, 3.05) is 6.54 Å². The third-order valence-electron chi connectivity index (χ3n) is 3.21. The molecule has 0 aliphatic heterocycles. The van der Waals surface area contributed by atoms with Gasteiger partial charge in [-0.2, -0.15) is 0 Å². The molecule has 0 saturated heterocycles. The molecule has 1 aromatic heterocycles. The van der Waals surface area contributed by atoms with Crippen molar-refractivity contribution in [2.45, 2.75) is 32.1 Å². The van der Waals surface area contributed by atoms with E-state index in [1.165, 1.54) is 22.6 Å². The summed E-state index contributed by atoms with van der Waals surface area (Å²) in [4.78, 5) is 2.88. The molecule has 1 unspecified atom stereocenters. The SMILES string of the molecule is Cc1ccc(C(C)(CN)C2CC2)s1. The van der Waals surface area contributed by atoms with Crippen LogP contribution in [0.4, 0.5) is 0 Å². The second-order valence-corrected chi connectivity index (χ2v) is 5.59. The summed E-state index contributed by atoms with van der Waals surface area (Å²) in [6.45, 7) is 5.27. The maximum Gasteiger partial charge on any atom is 0.0169 e. The van der Waals surface area contributed by atoms with E-state index in [0.29, 0.717) is 0 Å². The van der Waals surface area contributed by atoms with Crippen LogP contribution in [0.25, 0.3) is 0 Å². The normalized spacial score (nSPS) is 21.5. The van der Waals surface area contributed by atoms with E-state index in [9.17, 15) is 0 Å². The Bertz CT molecular complexity index is 301. The molecule has 1 atom stereocenters. The predicted octanol–water partition coefficient (Wildman–Crippen LogP) is 2.68. The molecule has 0 bridgehead atoms. The van der Waals surface area contributed by atoms with E-state index in [1.807, 2.05) is 11.3 Å². The molecule has 2 N–H and O–H groups in total. The molecule has 1 fully saturated rings. The summed E-state index contributed by atoms with van der Waals surface area (Å²) < 4.78 is 0. The zero-order valence-corrected chi connectivity index (χ0v) is 9.16. The fraction of sp³-hybridized carbons (Fsp3) is 0.636. The van der Waals surface area contributed by atoms with Gasteiger partial charge in [-0.1, -0.05) is 6.92 Å². The van der Waals surface area contributed by atoms with Gasteiger partial charge in [0, 0.05) is 21.7 Å². The van der Waals surface area contributed by atoms with Gasteiger partial charge in [0.2, 0.25) is 0 Å². The molecule has 1 nitrogen and oxygen atoms in total. The number of rotatable bonds is 3. The van der Waals surface area contributed by atoms with Crippen molar-refractivity contribution in [1.29, 1.82) is 0 Å². The standard InChI is InChI=1S/C11H17NS/c1-8-3-6-10(13-8)11(2,7-12)9-4-5-9/h3,6,9H,4-5,7,12H2,1-2H3. The first-order valence-corrected chi connectivity index (χ1v) is 5.75. The minimum Gasteiger partial charge on any atom is -0.330 e. The lowest BCUT2D eigenvalue weighted by Gasteiger charge is -2.26. The van der Waals surface area contributed by atoms with Crippen LogP contribution in [0.2, 0.25) is 0 Å². The summed E-state index contributed by atoms with van der Waals surface area (Å²) in [5.41, 5.74) is 6.16. The maximum atomic E-state index is 5.90. The monoisotopic (exact) mass is 195 g/mol. The fourth-order valence-corrected chi connectivity index (χ4v) is 3.03. The molecule has 13 heavy (non-hydrogen) atoms. The van der Waals surface area contributed by atoms with E-state index in [-0.39, 0.29) is 5.41 Å². The van der Waals surface area contributed by atoms with Gasteiger partial charge in [-0.25, -0.2) is 0 Å². The summed E-state index contributed by atoms with van der Waals surface area (Å²) in [7, 11) is 0. The van der Waals surface area contributed by atoms with Crippen LogP contribution in [0.3, 0.4) is 0 Å². The molecule has 1 saturated carbocycles. The minimum absolute atomic E-state index is 0.263. The topological polar surface area (TPSA) is 26.0 Å². The Balaban J connectivity index is 2.29. The van der Waals surface area contributed by atoms with Crippen LogP contribution in [-0.4, -0.2) is 6.54 Å². The molecule has 1 aliphatic carbocycles. The fourth-order valence-electron chi connectivity index (χ4n) is 1.93. The first kappa shape index (κ1) is 9.22. The van der Waals surface area contributed by atoms with Gasteiger partial charge in [0.1, 0.15) is 0 Å². The lowest BCUT2D eigenvalue weighted by atomic mass is 9.83. The highest BCUT2D eigenvalue weighted by atomic mass is 32.1. The first-order valence-electron chi connectivity index (χ1n) is 4.94. The molecule has 0 amide bonds. The molecule has 1 heterocycles. The van der Waals surface area contributed by atoms with Gasteiger partial charge < -0.3 is 5.73 Å². The Kier molecular flexibility index (Phi) is 2.20. The van der Waals surface area contributed by atoms with Gasteiger partial charge in [0.25, 0.3) is 0 Å². The van der Waals surface area contributed by atoms with Crippen molar-refractivity contribution in [3.63, 3.8) is 0 Å². The quantitative estimate of drug-likeness (QED) is 0.788. The highest BCUT2D eigenvalue weighted by molar-refractivity contribution is 7.12. The van der Waals surface area contributed by atoms with E-state index in [4.69, 9.17) is 5.73 Å². The van der Waals surface area contributed by atoms with Crippen molar-refractivity contribution in [3.8, 4) is 0 Å². The number of aryl methyl sites for hydroxylation is 1. The van der Waals surface area contributed by atoms with Crippen LogP contribution in [0.5, 0.6) is 0 Å². The van der Waals surface area contributed by atoms with Gasteiger partial charge in [-0.15, -0.1) is 11.3 Å². The van der Waals surface area contributed by atoms with Gasteiger partial charge in [0.15, 0.2) is 0 Å². The van der Waals surface area contributed by atoms with E-state index < -0.39 is 0 Å².